The Morgan fingerprint density at radius 2 is 2.25 bits per heavy atom. The lowest BCUT2D eigenvalue weighted by Gasteiger charge is -2.28. The predicted octanol–water partition coefficient (Wildman–Crippen LogP) is 0.228. The zero-order valence-corrected chi connectivity index (χ0v) is 9.32. The molecule has 0 spiro atoms. The van der Waals surface area contributed by atoms with Gasteiger partial charge in [0.2, 0.25) is 5.91 Å². The third kappa shape index (κ3) is 3.66. The van der Waals surface area contributed by atoms with Gasteiger partial charge in [0.1, 0.15) is 6.54 Å². The SMILES string of the molecule is C=CCN(CC(=O)O)C(=O)[C@H]1CCCCN1. The van der Waals surface area contributed by atoms with Crippen LogP contribution in [0.25, 0.3) is 0 Å². The first-order valence-electron chi connectivity index (χ1n) is 5.50. The Morgan fingerprint density at radius 1 is 1.50 bits per heavy atom. The van der Waals surface area contributed by atoms with Crippen molar-refractivity contribution in [3.8, 4) is 0 Å². The second kappa shape index (κ2) is 6.27. The topological polar surface area (TPSA) is 69.6 Å². The van der Waals surface area contributed by atoms with Crippen molar-refractivity contribution in [2.45, 2.75) is 25.3 Å². The first-order chi connectivity index (χ1) is 7.65. The number of amides is 1. The molecule has 1 heterocycles. The molecular weight excluding hydrogens is 208 g/mol. The molecule has 16 heavy (non-hydrogen) atoms. The van der Waals surface area contributed by atoms with Crippen LogP contribution in [0.1, 0.15) is 19.3 Å². The third-order valence-electron chi connectivity index (χ3n) is 2.60. The van der Waals surface area contributed by atoms with Crippen molar-refractivity contribution >= 4 is 11.9 Å². The molecule has 0 unspecified atom stereocenters. The molecule has 0 aromatic heterocycles. The van der Waals surface area contributed by atoms with Gasteiger partial charge in [0, 0.05) is 6.54 Å². The molecule has 0 bridgehead atoms. The normalized spacial score (nSPS) is 20.1. The number of nitrogens with zero attached hydrogens (tertiary/aromatic N) is 1. The van der Waals surface area contributed by atoms with E-state index >= 15 is 0 Å². The predicted molar refractivity (Wildman–Crippen MR) is 60.1 cm³/mol. The molecule has 0 aromatic carbocycles. The second-order valence-electron chi connectivity index (χ2n) is 3.90. The Kier molecular flexibility index (Phi) is 4.98. The Bertz CT molecular complexity index is 272. The molecule has 1 atom stereocenters. The number of piperidine rings is 1. The molecular formula is C11H18N2O3. The van der Waals surface area contributed by atoms with Crippen LogP contribution in [-0.4, -0.2) is 47.6 Å². The highest BCUT2D eigenvalue weighted by Gasteiger charge is 2.25. The van der Waals surface area contributed by atoms with E-state index in [4.69, 9.17) is 5.11 Å². The summed E-state index contributed by atoms with van der Waals surface area (Å²) < 4.78 is 0. The van der Waals surface area contributed by atoms with Gasteiger partial charge in [-0.15, -0.1) is 6.58 Å². The molecule has 1 aliphatic heterocycles. The zero-order chi connectivity index (χ0) is 12.0. The van der Waals surface area contributed by atoms with Crippen LogP contribution in [0.2, 0.25) is 0 Å². The fourth-order valence-corrected chi connectivity index (χ4v) is 1.83. The van der Waals surface area contributed by atoms with Crippen molar-refractivity contribution in [2.75, 3.05) is 19.6 Å². The van der Waals surface area contributed by atoms with Crippen LogP contribution in [0.5, 0.6) is 0 Å². The van der Waals surface area contributed by atoms with E-state index in [1.165, 1.54) is 4.90 Å². The fourth-order valence-electron chi connectivity index (χ4n) is 1.83. The van der Waals surface area contributed by atoms with Gasteiger partial charge in [0.15, 0.2) is 0 Å². The average Bonchev–Trinajstić information content (AvgIpc) is 2.28. The van der Waals surface area contributed by atoms with Crippen LogP contribution < -0.4 is 5.32 Å². The van der Waals surface area contributed by atoms with Crippen LogP contribution in [0, 0.1) is 0 Å². The number of carboxylic acid groups (broad SMARTS) is 1. The van der Waals surface area contributed by atoms with Crippen LogP contribution in [0.15, 0.2) is 12.7 Å². The summed E-state index contributed by atoms with van der Waals surface area (Å²) in [7, 11) is 0. The molecule has 1 aliphatic rings. The van der Waals surface area contributed by atoms with Crippen LogP contribution in [-0.2, 0) is 9.59 Å². The second-order valence-corrected chi connectivity index (χ2v) is 3.90. The molecule has 90 valence electrons. The quantitative estimate of drug-likeness (QED) is 0.658. The van der Waals surface area contributed by atoms with E-state index in [9.17, 15) is 9.59 Å². The molecule has 1 saturated heterocycles. The smallest absolute Gasteiger partial charge is 0.323 e. The summed E-state index contributed by atoms with van der Waals surface area (Å²) in [5.74, 6) is -1.13. The minimum atomic E-state index is -0.994. The van der Waals surface area contributed by atoms with Gasteiger partial charge in [-0.3, -0.25) is 9.59 Å². The van der Waals surface area contributed by atoms with E-state index in [0.29, 0.717) is 0 Å². The lowest BCUT2D eigenvalue weighted by molar-refractivity contribution is -0.145. The number of hydrogen-bond donors (Lipinski definition) is 2. The van der Waals surface area contributed by atoms with Gasteiger partial charge in [-0.1, -0.05) is 12.5 Å². The van der Waals surface area contributed by atoms with Gasteiger partial charge in [-0.2, -0.15) is 0 Å². The molecule has 0 aliphatic carbocycles. The minimum Gasteiger partial charge on any atom is -0.480 e. The van der Waals surface area contributed by atoms with E-state index in [1.54, 1.807) is 6.08 Å². The Labute approximate surface area is 95.1 Å². The Balaban J connectivity index is 2.57. The summed E-state index contributed by atoms with van der Waals surface area (Å²) in [6.45, 7) is 4.37. The lowest BCUT2D eigenvalue weighted by atomic mass is 10.0. The van der Waals surface area contributed by atoms with Crippen molar-refractivity contribution in [3.63, 3.8) is 0 Å². The summed E-state index contributed by atoms with van der Waals surface area (Å²) in [5.41, 5.74) is 0. The van der Waals surface area contributed by atoms with Crippen LogP contribution >= 0.6 is 0 Å². The summed E-state index contributed by atoms with van der Waals surface area (Å²) in [5, 5.41) is 11.8. The van der Waals surface area contributed by atoms with Crippen LogP contribution in [0.4, 0.5) is 0 Å². The molecule has 1 fully saturated rings. The molecule has 1 rings (SSSR count). The van der Waals surface area contributed by atoms with E-state index in [0.717, 1.165) is 25.8 Å². The van der Waals surface area contributed by atoms with Crippen molar-refractivity contribution < 1.29 is 14.7 Å². The summed E-state index contributed by atoms with van der Waals surface area (Å²) in [4.78, 5) is 23.9. The van der Waals surface area contributed by atoms with Gasteiger partial charge in [0.25, 0.3) is 0 Å². The largest absolute Gasteiger partial charge is 0.480 e. The number of hydrogen-bond acceptors (Lipinski definition) is 3. The molecule has 5 nitrogen and oxygen atoms in total. The molecule has 0 aromatic rings. The van der Waals surface area contributed by atoms with Crippen molar-refractivity contribution in [1.82, 2.24) is 10.2 Å². The average molecular weight is 226 g/mol. The molecule has 0 radical (unpaired) electrons. The fraction of sp³-hybridized carbons (Fsp3) is 0.636. The number of aliphatic carboxylic acids is 1. The third-order valence-corrected chi connectivity index (χ3v) is 2.60. The van der Waals surface area contributed by atoms with Gasteiger partial charge in [-0.05, 0) is 19.4 Å². The van der Waals surface area contributed by atoms with Crippen molar-refractivity contribution in [2.24, 2.45) is 0 Å². The number of carbonyl (C=O) groups excluding carboxylic acids is 1. The molecule has 0 saturated carbocycles. The van der Waals surface area contributed by atoms with Gasteiger partial charge >= 0.3 is 5.97 Å². The van der Waals surface area contributed by atoms with Gasteiger partial charge < -0.3 is 15.3 Å². The molecule has 5 heteroatoms. The highest BCUT2D eigenvalue weighted by atomic mass is 16.4. The summed E-state index contributed by atoms with van der Waals surface area (Å²) in [6, 6.07) is -0.229. The first-order valence-corrected chi connectivity index (χ1v) is 5.50. The molecule has 1 amide bonds. The minimum absolute atomic E-state index is 0.137. The van der Waals surface area contributed by atoms with E-state index in [-0.39, 0.29) is 25.0 Å². The highest BCUT2D eigenvalue weighted by molar-refractivity contribution is 5.85. The summed E-state index contributed by atoms with van der Waals surface area (Å²) >= 11 is 0. The number of carboxylic acids is 1. The van der Waals surface area contributed by atoms with Gasteiger partial charge in [-0.25, -0.2) is 0 Å². The van der Waals surface area contributed by atoms with Gasteiger partial charge in [0.05, 0.1) is 6.04 Å². The van der Waals surface area contributed by atoms with E-state index < -0.39 is 5.97 Å². The van der Waals surface area contributed by atoms with Crippen LogP contribution in [0.3, 0.4) is 0 Å². The van der Waals surface area contributed by atoms with E-state index in [2.05, 4.69) is 11.9 Å². The maximum absolute atomic E-state index is 12.0. The first kappa shape index (κ1) is 12.7. The maximum Gasteiger partial charge on any atom is 0.323 e. The maximum atomic E-state index is 12.0. The number of carbonyl (C=O) groups is 2. The monoisotopic (exact) mass is 226 g/mol. The summed E-state index contributed by atoms with van der Waals surface area (Å²) in [6.07, 6.45) is 4.42. The standard InChI is InChI=1S/C11H18N2O3/c1-2-7-13(8-10(14)15)11(16)9-5-3-4-6-12-9/h2,9,12H,1,3-8H2,(H,14,15)/t9-/m1/s1. The Hall–Kier alpha value is -1.36. The molecule has 2 N–H and O–H groups in total. The zero-order valence-electron chi connectivity index (χ0n) is 9.32. The van der Waals surface area contributed by atoms with Crippen molar-refractivity contribution in [1.29, 1.82) is 0 Å². The Morgan fingerprint density at radius 3 is 2.75 bits per heavy atom. The number of nitrogens with one attached hydrogen (secondary N) is 1. The lowest BCUT2D eigenvalue weighted by Crippen LogP contribution is -2.49. The van der Waals surface area contributed by atoms with E-state index in [1.807, 2.05) is 0 Å². The van der Waals surface area contributed by atoms with Crippen molar-refractivity contribution in [3.05, 3.63) is 12.7 Å². The highest BCUT2D eigenvalue weighted by Crippen LogP contribution is 2.09. The number of rotatable bonds is 5.